The minimum absolute atomic E-state index is 0.258. The lowest BCUT2D eigenvalue weighted by Gasteiger charge is -2.36. The number of likely N-dealkylation sites (N-methyl/N-ethyl adjacent to an activating group) is 1. The van der Waals surface area contributed by atoms with E-state index in [0.29, 0.717) is 6.04 Å². The zero-order chi connectivity index (χ0) is 28.9. The molecule has 0 bridgehead atoms. The molecule has 0 spiro atoms. The number of benzene rings is 3. The summed E-state index contributed by atoms with van der Waals surface area (Å²) in [6.07, 6.45) is 8.62. The molecular formula is C36H44N2O3S. The summed E-state index contributed by atoms with van der Waals surface area (Å²) in [6.45, 7) is 4.15. The van der Waals surface area contributed by atoms with Gasteiger partial charge in [-0.25, -0.2) is 0 Å². The Hall–Kier alpha value is -3.06. The van der Waals surface area contributed by atoms with Gasteiger partial charge in [0.05, 0.1) is 7.11 Å². The third kappa shape index (κ3) is 6.77. The van der Waals surface area contributed by atoms with Crippen molar-refractivity contribution in [1.82, 2.24) is 9.80 Å². The molecule has 42 heavy (non-hydrogen) atoms. The fourth-order valence-corrected chi connectivity index (χ4v) is 7.79. The number of fused-ring (bicyclic) bond motifs is 1. The first-order valence-corrected chi connectivity index (χ1v) is 16.4. The number of ether oxygens (including phenoxy) is 3. The Kier molecular flexibility index (Phi) is 9.33. The fourth-order valence-electron chi connectivity index (χ4n) is 6.54. The van der Waals surface area contributed by atoms with Gasteiger partial charge in [-0.1, -0.05) is 18.6 Å². The normalized spacial score (nSPS) is 19.4. The number of hydrogen-bond acceptors (Lipinski definition) is 6. The van der Waals surface area contributed by atoms with Gasteiger partial charge in [-0.15, -0.1) is 11.3 Å². The molecule has 5 nitrogen and oxygen atoms in total. The summed E-state index contributed by atoms with van der Waals surface area (Å²) in [7, 11) is 6.07. The average Bonchev–Trinajstić information content (AvgIpc) is 3.66. The Bertz CT molecular complexity index is 1440. The van der Waals surface area contributed by atoms with E-state index in [1.54, 1.807) is 7.11 Å². The summed E-state index contributed by atoms with van der Waals surface area (Å²) in [5, 5.41) is 1.29. The van der Waals surface area contributed by atoms with Crippen LogP contribution in [0.25, 0.3) is 20.5 Å². The van der Waals surface area contributed by atoms with E-state index < -0.39 is 0 Å². The van der Waals surface area contributed by atoms with Crippen molar-refractivity contribution in [2.45, 2.75) is 57.1 Å². The Labute approximate surface area is 255 Å². The number of thiophene rings is 1. The van der Waals surface area contributed by atoms with Crippen LogP contribution in [0.1, 0.15) is 49.7 Å². The number of hydrogen-bond donors (Lipinski definition) is 0. The van der Waals surface area contributed by atoms with Crippen LogP contribution >= 0.6 is 11.3 Å². The first-order chi connectivity index (χ1) is 20.6. The van der Waals surface area contributed by atoms with Crippen LogP contribution in [0.15, 0.2) is 66.7 Å². The minimum atomic E-state index is 0.258. The number of rotatable bonds is 11. The summed E-state index contributed by atoms with van der Waals surface area (Å²) in [5.41, 5.74) is 3.87. The molecule has 6 heteroatoms. The highest BCUT2D eigenvalue weighted by Gasteiger charge is 2.28. The van der Waals surface area contributed by atoms with E-state index in [4.69, 9.17) is 14.2 Å². The molecule has 1 aliphatic heterocycles. The lowest BCUT2D eigenvalue weighted by Crippen LogP contribution is -2.44. The zero-order valence-corrected chi connectivity index (χ0v) is 26.1. The molecule has 4 aromatic rings. The molecule has 1 saturated heterocycles. The van der Waals surface area contributed by atoms with Crippen molar-refractivity contribution in [2.75, 3.05) is 47.4 Å². The molecule has 222 valence electrons. The van der Waals surface area contributed by atoms with E-state index in [9.17, 15) is 0 Å². The summed E-state index contributed by atoms with van der Waals surface area (Å²) >= 11 is 1.84. The fraction of sp³-hybridized carbons (Fsp3) is 0.444. The molecule has 2 fully saturated rings. The van der Waals surface area contributed by atoms with Crippen molar-refractivity contribution in [3.63, 3.8) is 0 Å². The first kappa shape index (κ1) is 29.0. The van der Waals surface area contributed by atoms with Gasteiger partial charge in [0.1, 0.15) is 30.0 Å². The molecule has 1 saturated carbocycles. The van der Waals surface area contributed by atoms with E-state index in [-0.39, 0.29) is 6.10 Å². The van der Waals surface area contributed by atoms with E-state index in [1.807, 2.05) is 11.3 Å². The van der Waals surface area contributed by atoms with Gasteiger partial charge in [0.25, 0.3) is 0 Å². The van der Waals surface area contributed by atoms with Gasteiger partial charge in [-0.3, -0.25) is 4.90 Å². The second-order valence-electron chi connectivity index (χ2n) is 12.0. The molecule has 1 aliphatic carbocycles. The van der Waals surface area contributed by atoms with Crippen molar-refractivity contribution in [2.24, 2.45) is 0 Å². The quantitative estimate of drug-likeness (QED) is 0.179. The standard InChI is InChI=1S/C36H44N2O3S/c1-37(2)33-8-4-5-9-34(33)41-29-14-10-26(11-15-29)24-32-31-19-18-30(39-3)25-35(31)42-36(32)27-12-16-28(17-13-27)40-23-22-38-20-6-7-21-38/h10-19,25,33-34H,4-9,20-24H2,1-3H3/t33-,34+/m0/s1. The average molecular weight is 585 g/mol. The van der Waals surface area contributed by atoms with E-state index in [0.717, 1.165) is 43.2 Å². The van der Waals surface area contributed by atoms with Gasteiger partial charge >= 0.3 is 0 Å². The molecule has 1 aromatic heterocycles. The highest BCUT2D eigenvalue weighted by molar-refractivity contribution is 7.22. The van der Waals surface area contributed by atoms with Crippen molar-refractivity contribution < 1.29 is 14.2 Å². The second-order valence-corrected chi connectivity index (χ2v) is 13.0. The molecule has 0 N–H and O–H groups in total. The van der Waals surface area contributed by atoms with Crippen LogP contribution in [0, 0.1) is 0 Å². The smallest absolute Gasteiger partial charge is 0.120 e. The van der Waals surface area contributed by atoms with Gasteiger partial charge in [-0.05, 0) is 142 Å². The molecule has 0 radical (unpaired) electrons. The van der Waals surface area contributed by atoms with Crippen molar-refractivity contribution >= 4 is 21.4 Å². The maximum atomic E-state index is 6.51. The van der Waals surface area contributed by atoms with Gasteiger partial charge < -0.3 is 19.1 Å². The topological polar surface area (TPSA) is 34.2 Å². The van der Waals surface area contributed by atoms with Gasteiger partial charge in [0, 0.05) is 22.2 Å². The molecule has 0 amide bonds. The molecule has 0 unspecified atom stereocenters. The Morgan fingerprint density at radius 3 is 2.29 bits per heavy atom. The van der Waals surface area contributed by atoms with Crippen LogP contribution in [-0.4, -0.2) is 69.4 Å². The van der Waals surface area contributed by atoms with Crippen molar-refractivity contribution in [3.8, 4) is 27.7 Å². The summed E-state index contributed by atoms with van der Waals surface area (Å²) < 4.78 is 19.4. The van der Waals surface area contributed by atoms with Crippen LogP contribution in [0.3, 0.4) is 0 Å². The Morgan fingerprint density at radius 1 is 0.833 bits per heavy atom. The monoisotopic (exact) mass is 584 g/mol. The lowest BCUT2D eigenvalue weighted by atomic mass is 9.91. The highest BCUT2D eigenvalue weighted by atomic mass is 32.1. The lowest BCUT2D eigenvalue weighted by molar-refractivity contribution is 0.0622. The third-order valence-electron chi connectivity index (χ3n) is 8.91. The summed E-state index contributed by atoms with van der Waals surface area (Å²) in [5.74, 6) is 2.80. The van der Waals surface area contributed by atoms with E-state index >= 15 is 0 Å². The Morgan fingerprint density at radius 2 is 1.55 bits per heavy atom. The molecule has 2 atom stereocenters. The number of nitrogens with zero attached hydrogens (tertiary/aromatic N) is 2. The summed E-state index contributed by atoms with van der Waals surface area (Å²) in [6, 6.07) is 24.3. The van der Waals surface area contributed by atoms with Crippen molar-refractivity contribution in [1.29, 1.82) is 0 Å². The number of methoxy groups -OCH3 is 1. The second kappa shape index (κ2) is 13.5. The zero-order valence-electron chi connectivity index (χ0n) is 25.3. The number of likely N-dealkylation sites (tertiary alicyclic amines) is 1. The highest BCUT2D eigenvalue weighted by Crippen LogP contribution is 2.42. The largest absolute Gasteiger partial charge is 0.497 e. The molecule has 2 aliphatic rings. The maximum absolute atomic E-state index is 6.51. The first-order valence-electron chi connectivity index (χ1n) is 15.5. The Balaban J connectivity index is 1.20. The molecule has 2 heterocycles. The van der Waals surface area contributed by atoms with Crippen LogP contribution < -0.4 is 14.2 Å². The van der Waals surface area contributed by atoms with Crippen molar-refractivity contribution in [3.05, 3.63) is 77.9 Å². The predicted molar refractivity (Wildman–Crippen MR) is 175 cm³/mol. The molecular weight excluding hydrogens is 540 g/mol. The summed E-state index contributed by atoms with van der Waals surface area (Å²) in [4.78, 5) is 6.11. The predicted octanol–water partition coefficient (Wildman–Crippen LogP) is 7.89. The van der Waals surface area contributed by atoms with Crippen LogP contribution in [0.5, 0.6) is 17.2 Å². The van der Waals surface area contributed by atoms with Crippen LogP contribution in [-0.2, 0) is 6.42 Å². The van der Waals surface area contributed by atoms with Crippen LogP contribution in [0.2, 0.25) is 0 Å². The molecule has 6 rings (SSSR count). The van der Waals surface area contributed by atoms with E-state index in [2.05, 4.69) is 90.6 Å². The van der Waals surface area contributed by atoms with Gasteiger partial charge in [0.2, 0.25) is 0 Å². The minimum Gasteiger partial charge on any atom is -0.497 e. The van der Waals surface area contributed by atoms with Crippen LogP contribution in [0.4, 0.5) is 0 Å². The van der Waals surface area contributed by atoms with Gasteiger partial charge in [-0.2, -0.15) is 0 Å². The van der Waals surface area contributed by atoms with E-state index in [1.165, 1.54) is 76.8 Å². The maximum Gasteiger partial charge on any atom is 0.120 e. The molecule has 3 aromatic carbocycles. The third-order valence-corrected chi connectivity index (χ3v) is 10.2. The SMILES string of the molecule is COc1ccc2c(Cc3ccc(O[C@@H]4CCCC[C@@H]4N(C)C)cc3)c(-c3ccc(OCCN4CCCC4)cc3)sc2c1. The van der Waals surface area contributed by atoms with Gasteiger partial charge in [0.15, 0.2) is 0 Å².